The number of aliphatic carboxylic acids is 1. The molecule has 8 rings (SSSR count). The fraction of sp³-hybridized carbons (Fsp3) is 0.417. The highest BCUT2D eigenvalue weighted by atomic mass is 16.6. The number of carboxylic acids is 1. The zero-order valence-corrected chi connectivity index (χ0v) is 36.7. The van der Waals surface area contributed by atoms with E-state index < -0.39 is 36.1 Å². The number of carbonyl (C=O) groups is 6. The molecule has 344 valence electrons. The van der Waals surface area contributed by atoms with E-state index in [4.69, 9.17) is 21.3 Å². The number of aromatic nitrogens is 2. The van der Waals surface area contributed by atoms with Crippen LogP contribution in [0.1, 0.15) is 72.2 Å². The van der Waals surface area contributed by atoms with Crippen LogP contribution in [0.3, 0.4) is 0 Å². The van der Waals surface area contributed by atoms with Crippen molar-refractivity contribution in [1.82, 2.24) is 30.8 Å². The number of benzene rings is 2. The van der Waals surface area contributed by atoms with Gasteiger partial charge in [-0.1, -0.05) is 72.8 Å². The molecule has 0 spiro atoms. The molecule has 2 aliphatic carbocycles. The molecule has 2 aromatic carbocycles. The molecule has 2 aliphatic heterocycles. The van der Waals surface area contributed by atoms with Gasteiger partial charge < -0.3 is 42.0 Å². The predicted molar refractivity (Wildman–Crippen MR) is 240 cm³/mol. The van der Waals surface area contributed by atoms with Gasteiger partial charge in [0, 0.05) is 30.4 Å². The number of imide groups is 1. The highest BCUT2D eigenvalue weighted by Crippen LogP contribution is 2.36. The fourth-order valence-corrected chi connectivity index (χ4v) is 8.64. The molecule has 17 heteroatoms. The van der Waals surface area contributed by atoms with Crippen LogP contribution in [0.2, 0.25) is 0 Å². The Hall–Kier alpha value is -7.04. The number of amides is 5. The van der Waals surface area contributed by atoms with Crippen molar-refractivity contribution in [2.24, 2.45) is 23.7 Å². The van der Waals surface area contributed by atoms with Gasteiger partial charge in [0.15, 0.2) is 6.04 Å². The molecule has 6 atom stereocenters. The number of rotatable bonds is 12. The van der Waals surface area contributed by atoms with Gasteiger partial charge in [0.2, 0.25) is 17.7 Å². The van der Waals surface area contributed by atoms with Crippen molar-refractivity contribution >= 4 is 47.5 Å². The van der Waals surface area contributed by atoms with E-state index in [0.29, 0.717) is 48.6 Å². The van der Waals surface area contributed by atoms with Crippen LogP contribution >= 0.6 is 0 Å². The van der Waals surface area contributed by atoms with Crippen LogP contribution in [-0.2, 0) is 54.6 Å². The largest absolute Gasteiger partial charge is 0.481 e. The lowest BCUT2D eigenvalue weighted by atomic mass is 9.96. The van der Waals surface area contributed by atoms with Crippen molar-refractivity contribution in [3.8, 4) is 0 Å². The van der Waals surface area contributed by atoms with Crippen LogP contribution in [-0.4, -0.2) is 81.1 Å². The Morgan fingerprint density at radius 3 is 1.68 bits per heavy atom. The van der Waals surface area contributed by atoms with Gasteiger partial charge in [0.1, 0.15) is 30.9 Å². The molecule has 4 heterocycles. The van der Waals surface area contributed by atoms with Gasteiger partial charge in [0.25, 0.3) is 0 Å². The first-order valence-corrected chi connectivity index (χ1v) is 22.0. The first-order chi connectivity index (χ1) is 31.2. The van der Waals surface area contributed by atoms with E-state index in [2.05, 4.69) is 54.9 Å². The normalized spacial score (nSPS) is 22.0. The third kappa shape index (κ3) is 13.5. The van der Waals surface area contributed by atoms with Gasteiger partial charge in [-0.15, -0.1) is 0 Å². The summed E-state index contributed by atoms with van der Waals surface area (Å²) in [4.78, 5) is 80.8. The maximum atomic E-state index is 13.2. The van der Waals surface area contributed by atoms with Crippen LogP contribution in [0.15, 0.2) is 84.9 Å². The summed E-state index contributed by atoms with van der Waals surface area (Å²) in [7, 11) is 0. The zero-order chi connectivity index (χ0) is 46.5. The predicted octanol–water partition coefficient (Wildman–Crippen LogP) is 5.02. The minimum atomic E-state index is -0.953. The number of ether oxygens (including phenoxy) is 2. The lowest BCUT2D eigenvalue weighted by Crippen LogP contribution is -2.49. The zero-order valence-electron chi connectivity index (χ0n) is 36.7. The van der Waals surface area contributed by atoms with Crippen LogP contribution in [0.4, 0.5) is 21.2 Å². The number of carbonyl (C=O) groups excluding carboxylic acids is 5. The van der Waals surface area contributed by atoms with Crippen molar-refractivity contribution in [2.45, 2.75) is 90.4 Å². The van der Waals surface area contributed by atoms with Crippen molar-refractivity contribution in [3.63, 3.8) is 0 Å². The van der Waals surface area contributed by atoms with Gasteiger partial charge >= 0.3 is 18.2 Å². The van der Waals surface area contributed by atoms with E-state index in [0.717, 1.165) is 60.2 Å². The number of nitrogens with two attached hydrogens (primary N) is 2. The van der Waals surface area contributed by atoms with Crippen molar-refractivity contribution in [1.29, 1.82) is 0 Å². The summed E-state index contributed by atoms with van der Waals surface area (Å²) in [6.07, 6.45) is 5.75. The van der Waals surface area contributed by atoms with Crippen molar-refractivity contribution in [2.75, 3.05) is 24.7 Å². The summed E-state index contributed by atoms with van der Waals surface area (Å²) in [5.74, 6) is -0.195. The Bertz CT molecular complexity index is 2310. The standard InChI is InChI=1S/C24H28N4O4.C13H16O2.C11H14N4O3/c1-15-19(9-10-21(25)27-15)13-26-22(29)20-14-32-24(31)28(20)23(30)18-8-7-17(12-18)11-16-5-3-2-4-6-16;14-13(15)12-7-6-11(9-12)8-10-4-2-1-3-5-10;1-6-7(2-3-9(12)14-6)4-13-10(16)8-5-18-11(17)15-8/h2-6,9-10,17-18,20H,7-8,11-14H2,1H3,(H2,25,27)(H,26,29);1-5,11-12H,6-9H2,(H,14,15);2-3,8H,4-5H2,1H3,(H2,12,14)(H,13,16)(H,15,17)/t17-,18+,20-;11-,12+;8-/m000/s1. The molecule has 2 saturated carbocycles. The number of alkyl carbamates (subject to hydrolysis) is 1. The van der Waals surface area contributed by atoms with Crippen LogP contribution in [0, 0.1) is 37.5 Å². The Labute approximate surface area is 378 Å². The van der Waals surface area contributed by atoms with E-state index in [-0.39, 0.29) is 43.4 Å². The number of cyclic esters (lactones) is 2. The summed E-state index contributed by atoms with van der Waals surface area (Å²) in [6, 6.07) is 25.9. The number of anilines is 2. The lowest BCUT2D eigenvalue weighted by Gasteiger charge is -2.22. The summed E-state index contributed by atoms with van der Waals surface area (Å²) in [5, 5.41) is 16.8. The quantitative estimate of drug-likeness (QED) is 0.109. The number of hydrogen-bond donors (Lipinski definition) is 6. The second-order valence-electron chi connectivity index (χ2n) is 17.0. The van der Waals surface area contributed by atoms with E-state index in [1.165, 1.54) is 11.1 Å². The molecule has 8 N–H and O–H groups in total. The van der Waals surface area contributed by atoms with E-state index in [9.17, 15) is 28.8 Å². The van der Waals surface area contributed by atoms with Gasteiger partial charge in [-0.3, -0.25) is 19.2 Å². The first-order valence-electron chi connectivity index (χ1n) is 22.0. The SMILES string of the molecule is Cc1nc(N)ccc1CNC(=O)[C@@H]1COC(=O)N1.Cc1nc(N)ccc1CNC(=O)[C@@H]1COC(=O)N1C(=O)[C@@H]1CC[C@@H](Cc2ccccc2)C1.O=C(O)[C@@H]1CC[C@@H](Cc2ccccc2)C1. The smallest absolute Gasteiger partial charge is 0.417 e. The summed E-state index contributed by atoms with van der Waals surface area (Å²) >= 11 is 0. The lowest BCUT2D eigenvalue weighted by molar-refractivity contribution is -0.141. The summed E-state index contributed by atoms with van der Waals surface area (Å²) < 4.78 is 9.71. The Kier molecular flexibility index (Phi) is 16.4. The topological polar surface area (TPSA) is 258 Å². The molecule has 2 saturated heterocycles. The molecule has 0 bridgehead atoms. The Morgan fingerprint density at radius 1 is 0.692 bits per heavy atom. The number of aryl methyl sites for hydroxylation is 2. The highest BCUT2D eigenvalue weighted by Gasteiger charge is 2.46. The molecule has 17 nitrogen and oxygen atoms in total. The molecular weight excluding hydrogens is 833 g/mol. The number of nitrogens with zero attached hydrogens (tertiary/aromatic N) is 3. The number of hydrogen-bond acceptors (Lipinski definition) is 12. The maximum absolute atomic E-state index is 13.2. The Morgan fingerprint density at radius 2 is 1.20 bits per heavy atom. The van der Waals surface area contributed by atoms with Gasteiger partial charge in [-0.05, 0) is 111 Å². The maximum Gasteiger partial charge on any atom is 0.417 e. The molecule has 4 aliphatic rings. The average Bonchev–Trinajstić information content (AvgIpc) is 4.12. The number of nitrogens with one attached hydrogen (secondary N) is 3. The molecule has 65 heavy (non-hydrogen) atoms. The van der Waals surface area contributed by atoms with Gasteiger partial charge in [-0.2, -0.15) is 0 Å². The molecule has 4 aromatic rings. The monoisotopic (exact) mass is 890 g/mol. The second-order valence-corrected chi connectivity index (χ2v) is 17.0. The van der Waals surface area contributed by atoms with Crippen molar-refractivity contribution < 1.29 is 43.3 Å². The minimum absolute atomic E-state index is 0.0592. The van der Waals surface area contributed by atoms with Crippen LogP contribution in [0.5, 0.6) is 0 Å². The molecular formula is C48H58N8O9. The molecule has 2 aromatic heterocycles. The average molecular weight is 891 g/mol. The molecule has 0 unspecified atom stereocenters. The first kappa shape index (κ1) is 47.4. The Balaban J connectivity index is 0.000000178. The summed E-state index contributed by atoms with van der Waals surface area (Å²) in [6.45, 7) is 4.12. The van der Waals surface area contributed by atoms with E-state index in [1.54, 1.807) is 18.2 Å². The number of pyridine rings is 2. The minimum Gasteiger partial charge on any atom is -0.481 e. The third-order valence-corrected chi connectivity index (χ3v) is 12.3. The molecule has 5 amide bonds. The third-order valence-electron chi connectivity index (χ3n) is 12.3. The summed E-state index contributed by atoms with van der Waals surface area (Å²) in [5.41, 5.74) is 16.9. The van der Waals surface area contributed by atoms with E-state index in [1.807, 2.05) is 56.3 Å². The highest BCUT2D eigenvalue weighted by molar-refractivity contribution is 6.00. The van der Waals surface area contributed by atoms with Crippen molar-refractivity contribution in [3.05, 3.63) is 119 Å². The van der Waals surface area contributed by atoms with Crippen LogP contribution < -0.4 is 27.4 Å². The van der Waals surface area contributed by atoms with Gasteiger partial charge in [0.05, 0.1) is 5.92 Å². The second kappa shape index (κ2) is 22.5. The number of nitrogen functional groups attached to an aromatic ring is 2. The molecule has 4 fully saturated rings. The fourth-order valence-electron chi connectivity index (χ4n) is 8.64. The number of carboxylic acid groups (broad SMARTS) is 1. The van der Waals surface area contributed by atoms with Crippen LogP contribution in [0.25, 0.3) is 0 Å². The van der Waals surface area contributed by atoms with Gasteiger partial charge in [-0.25, -0.2) is 24.5 Å². The van der Waals surface area contributed by atoms with E-state index >= 15 is 0 Å². The molecule has 0 radical (unpaired) electrons.